The molecule has 2 fully saturated rings. The number of nitrogens with one attached hydrogen (secondary N) is 1. The summed E-state index contributed by atoms with van der Waals surface area (Å²) in [6, 6.07) is 8.02. The molecule has 0 radical (unpaired) electrons. The summed E-state index contributed by atoms with van der Waals surface area (Å²) >= 11 is 1.06. The number of thioether (sulfide) groups is 1. The van der Waals surface area contributed by atoms with Gasteiger partial charge in [0, 0.05) is 38.3 Å². The summed E-state index contributed by atoms with van der Waals surface area (Å²) in [5.74, 6) is -0.0412. The highest BCUT2D eigenvalue weighted by atomic mass is 32.2. The third kappa shape index (κ3) is 5.01. The second-order valence-electron chi connectivity index (χ2n) is 6.83. The molecule has 0 bridgehead atoms. The monoisotopic (exact) mass is 390 g/mol. The Balaban J connectivity index is 1.67. The van der Waals surface area contributed by atoms with Gasteiger partial charge in [0.15, 0.2) is 0 Å². The summed E-state index contributed by atoms with van der Waals surface area (Å²) in [4.78, 5) is 39.9. The van der Waals surface area contributed by atoms with Crippen molar-refractivity contribution in [2.24, 2.45) is 5.73 Å². The highest BCUT2D eigenvalue weighted by molar-refractivity contribution is 8.15. The fraction of sp³-hybridized carbons (Fsp3) is 0.526. The van der Waals surface area contributed by atoms with Crippen LogP contribution in [0.5, 0.6) is 0 Å². The number of hydrogen-bond acceptors (Lipinski definition) is 6. The van der Waals surface area contributed by atoms with E-state index in [1.54, 1.807) is 0 Å². The Bertz CT molecular complexity index is 712. The number of imide groups is 1. The molecule has 0 spiro atoms. The van der Waals surface area contributed by atoms with E-state index in [0.717, 1.165) is 55.5 Å². The van der Waals surface area contributed by atoms with Crippen LogP contribution in [-0.4, -0.2) is 59.9 Å². The molecule has 8 heteroatoms. The molecule has 0 aromatic heterocycles. The standard InChI is InChI=1S/C19H26N4O3S/c20-8-3-7-17(24)23-10-4-9-22(11-12-23)15-6-2-1-5-14(15)13-16-18(25)21-19(26)27-16/h1-2,5-6,16H,3-4,7-13,20H2,(H,21,25,26). The zero-order valence-corrected chi connectivity index (χ0v) is 16.2. The normalized spacial score (nSPS) is 20.6. The predicted molar refractivity (Wildman–Crippen MR) is 107 cm³/mol. The first kappa shape index (κ1) is 19.7. The molecular weight excluding hydrogens is 364 g/mol. The Kier molecular flexibility index (Phi) is 6.73. The van der Waals surface area contributed by atoms with Crippen LogP contribution in [0.2, 0.25) is 0 Å². The Labute approximate surface area is 163 Å². The number of hydrogen-bond donors (Lipinski definition) is 2. The number of amides is 3. The van der Waals surface area contributed by atoms with Gasteiger partial charge in [-0.1, -0.05) is 30.0 Å². The number of nitrogens with zero attached hydrogens (tertiary/aromatic N) is 2. The molecule has 3 N–H and O–H groups in total. The first-order chi connectivity index (χ1) is 13.1. The molecule has 1 atom stereocenters. The van der Waals surface area contributed by atoms with Crippen LogP contribution in [0.1, 0.15) is 24.8 Å². The van der Waals surface area contributed by atoms with Gasteiger partial charge in [-0.15, -0.1) is 0 Å². The van der Waals surface area contributed by atoms with Gasteiger partial charge >= 0.3 is 0 Å². The predicted octanol–water partition coefficient (Wildman–Crippen LogP) is 1.36. The summed E-state index contributed by atoms with van der Waals surface area (Å²) < 4.78 is 0. The summed E-state index contributed by atoms with van der Waals surface area (Å²) in [6.07, 6.45) is 2.66. The van der Waals surface area contributed by atoms with E-state index in [1.165, 1.54) is 0 Å². The maximum atomic E-state index is 12.3. The number of carbonyl (C=O) groups excluding carboxylic acids is 3. The second-order valence-corrected chi connectivity index (χ2v) is 8.01. The molecule has 2 heterocycles. The fourth-order valence-electron chi connectivity index (χ4n) is 3.54. The molecule has 1 aromatic rings. The molecule has 7 nitrogen and oxygen atoms in total. The minimum atomic E-state index is -0.375. The van der Waals surface area contributed by atoms with Gasteiger partial charge in [0.05, 0.1) is 5.25 Å². The number of para-hydroxylation sites is 1. The van der Waals surface area contributed by atoms with Crippen molar-refractivity contribution < 1.29 is 14.4 Å². The van der Waals surface area contributed by atoms with Crippen LogP contribution in [0.4, 0.5) is 10.5 Å². The van der Waals surface area contributed by atoms with E-state index in [1.807, 2.05) is 23.1 Å². The lowest BCUT2D eigenvalue weighted by Gasteiger charge is -2.26. The molecule has 146 valence electrons. The molecule has 2 aliphatic rings. The van der Waals surface area contributed by atoms with Crippen molar-refractivity contribution in [1.82, 2.24) is 10.2 Å². The topological polar surface area (TPSA) is 95.7 Å². The highest BCUT2D eigenvalue weighted by Crippen LogP contribution is 2.28. The van der Waals surface area contributed by atoms with Crippen LogP contribution in [0.3, 0.4) is 0 Å². The fourth-order valence-corrected chi connectivity index (χ4v) is 4.39. The lowest BCUT2D eigenvalue weighted by molar-refractivity contribution is -0.131. The Morgan fingerprint density at radius 1 is 1.19 bits per heavy atom. The Morgan fingerprint density at radius 2 is 2.00 bits per heavy atom. The SMILES string of the molecule is NCCCC(=O)N1CCCN(c2ccccc2CC2SC(=O)NC2=O)CC1. The van der Waals surface area contributed by atoms with Crippen molar-refractivity contribution in [2.45, 2.75) is 30.9 Å². The summed E-state index contributed by atoms with van der Waals surface area (Å²) in [5.41, 5.74) is 7.65. The molecule has 1 unspecified atom stereocenters. The van der Waals surface area contributed by atoms with E-state index in [-0.39, 0.29) is 22.3 Å². The van der Waals surface area contributed by atoms with E-state index >= 15 is 0 Å². The van der Waals surface area contributed by atoms with Crippen molar-refractivity contribution in [2.75, 3.05) is 37.6 Å². The van der Waals surface area contributed by atoms with Gasteiger partial charge in [-0.2, -0.15) is 0 Å². The van der Waals surface area contributed by atoms with Gasteiger partial charge in [-0.3, -0.25) is 19.7 Å². The van der Waals surface area contributed by atoms with Crippen LogP contribution in [0, 0.1) is 0 Å². The van der Waals surface area contributed by atoms with Crippen molar-refractivity contribution in [3.63, 3.8) is 0 Å². The van der Waals surface area contributed by atoms with Crippen molar-refractivity contribution >= 4 is 34.5 Å². The summed E-state index contributed by atoms with van der Waals surface area (Å²) in [6.45, 7) is 3.61. The molecule has 3 rings (SSSR count). The van der Waals surface area contributed by atoms with Crippen molar-refractivity contribution in [1.29, 1.82) is 0 Å². The minimum Gasteiger partial charge on any atom is -0.369 e. The minimum absolute atomic E-state index is 0.174. The Hall–Kier alpha value is -2.06. The van der Waals surface area contributed by atoms with Crippen LogP contribution in [-0.2, 0) is 16.0 Å². The van der Waals surface area contributed by atoms with Crippen LogP contribution < -0.4 is 16.0 Å². The zero-order valence-electron chi connectivity index (χ0n) is 15.4. The molecule has 1 aromatic carbocycles. The first-order valence-corrected chi connectivity index (χ1v) is 10.3. The number of benzene rings is 1. The number of nitrogens with two attached hydrogens (primary N) is 1. The first-order valence-electron chi connectivity index (χ1n) is 9.40. The Morgan fingerprint density at radius 3 is 2.74 bits per heavy atom. The average molecular weight is 391 g/mol. The third-order valence-electron chi connectivity index (χ3n) is 4.95. The number of anilines is 1. The second kappa shape index (κ2) is 9.23. The molecule has 3 amide bonds. The van der Waals surface area contributed by atoms with Gasteiger partial charge in [0.1, 0.15) is 0 Å². The van der Waals surface area contributed by atoms with Gasteiger partial charge in [0.25, 0.3) is 5.24 Å². The maximum Gasteiger partial charge on any atom is 0.286 e. The quantitative estimate of drug-likeness (QED) is 0.761. The van der Waals surface area contributed by atoms with E-state index in [2.05, 4.69) is 16.3 Å². The maximum absolute atomic E-state index is 12.3. The van der Waals surface area contributed by atoms with E-state index < -0.39 is 0 Å². The number of rotatable bonds is 6. The molecular formula is C19H26N4O3S. The van der Waals surface area contributed by atoms with Crippen molar-refractivity contribution in [3.8, 4) is 0 Å². The van der Waals surface area contributed by atoms with Crippen molar-refractivity contribution in [3.05, 3.63) is 29.8 Å². The van der Waals surface area contributed by atoms with Gasteiger partial charge < -0.3 is 15.5 Å². The molecule has 2 saturated heterocycles. The van der Waals surface area contributed by atoms with E-state index in [4.69, 9.17) is 5.73 Å². The molecule has 27 heavy (non-hydrogen) atoms. The summed E-state index contributed by atoms with van der Waals surface area (Å²) in [7, 11) is 0. The smallest absolute Gasteiger partial charge is 0.286 e. The number of carbonyl (C=O) groups is 3. The van der Waals surface area contributed by atoms with Gasteiger partial charge in [-0.05, 0) is 37.4 Å². The molecule has 2 aliphatic heterocycles. The molecule has 0 aliphatic carbocycles. The van der Waals surface area contributed by atoms with E-state index in [9.17, 15) is 14.4 Å². The van der Waals surface area contributed by atoms with Gasteiger partial charge in [-0.25, -0.2) is 0 Å². The largest absolute Gasteiger partial charge is 0.369 e. The van der Waals surface area contributed by atoms with Crippen LogP contribution >= 0.6 is 11.8 Å². The summed E-state index contributed by atoms with van der Waals surface area (Å²) in [5, 5.41) is 1.70. The van der Waals surface area contributed by atoms with Crippen LogP contribution in [0.15, 0.2) is 24.3 Å². The van der Waals surface area contributed by atoms with Gasteiger partial charge in [0.2, 0.25) is 11.8 Å². The highest BCUT2D eigenvalue weighted by Gasteiger charge is 2.32. The van der Waals surface area contributed by atoms with Crippen LogP contribution in [0.25, 0.3) is 0 Å². The lowest BCUT2D eigenvalue weighted by atomic mass is 10.1. The average Bonchev–Trinajstić information content (AvgIpc) is 2.86. The van der Waals surface area contributed by atoms with E-state index in [0.29, 0.717) is 25.9 Å². The zero-order chi connectivity index (χ0) is 19.2. The third-order valence-corrected chi connectivity index (χ3v) is 5.93. The lowest BCUT2D eigenvalue weighted by Crippen LogP contribution is -2.35. The molecule has 0 saturated carbocycles.